The summed E-state index contributed by atoms with van der Waals surface area (Å²) in [6.07, 6.45) is 0.560. The average molecular weight is 334 g/mol. The number of ether oxygens (including phenoxy) is 2. The van der Waals surface area contributed by atoms with Crippen LogP contribution in [0.2, 0.25) is 0 Å². The highest BCUT2D eigenvalue weighted by Gasteiger charge is 2.31. The number of nitrogens with one attached hydrogen (secondary N) is 1. The van der Waals surface area contributed by atoms with Crippen LogP contribution >= 0.6 is 0 Å². The van der Waals surface area contributed by atoms with Gasteiger partial charge in [0.25, 0.3) is 0 Å². The Hall–Kier alpha value is -1.59. The van der Waals surface area contributed by atoms with Crippen LogP contribution in [0.4, 0.5) is 4.79 Å². The second kappa shape index (κ2) is 8.49. The lowest BCUT2D eigenvalue weighted by molar-refractivity contribution is 0.0326. The Morgan fingerprint density at radius 3 is 2.62 bits per heavy atom. The minimum atomic E-state index is -0.477. The van der Waals surface area contributed by atoms with Crippen LogP contribution in [0.3, 0.4) is 0 Å². The first kappa shape index (κ1) is 18.7. The fourth-order valence-electron chi connectivity index (χ4n) is 3.12. The molecule has 2 unspecified atom stereocenters. The number of hydrogen-bond acceptors (Lipinski definition) is 4. The summed E-state index contributed by atoms with van der Waals surface area (Å²) in [5.74, 6) is 0.264. The number of benzene rings is 1. The van der Waals surface area contributed by atoms with Gasteiger partial charge in [-0.15, -0.1) is 0 Å². The maximum Gasteiger partial charge on any atom is 0.407 e. The molecule has 0 radical (unpaired) electrons. The van der Waals surface area contributed by atoms with Crippen molar-refractivity contribution in [1.29, 1.82) is 0 Å². The zero-order valence-corrected chi connectivity index (χ0v) is 15.2. The molecule has 1 N–H and O–H groups in total. The summed E-state index contributed by atoms with van der Waals surface area (Å²) >= 11 is 0. The lowest BCUT2D eigenvalue weighted by atomic mass is 9.92. The number of hydrogen-bond donors (Lipinski definition) is 1. The molecular formula is C19H30N2O3. The van der Waals surface area contributed by atoms with E-state index in [-0.39, 0.29) is 18.1 Å². The van der Waals surface area contributed by atoms with Crippen LogP contribution in [0, 0.1) is 5.92 Å². The van der Waals surface area contributed by atoms with Crippen LogP contribution in [0.25, 0.3) is 0 Å². The SMILES string of the molecule is COCC1CN(Cc2ccccc2)CCC1NC(=O)OC(C)(C)C. The molecule has 2 atom stereocenters. The zero-order valence-electron chi connectivity index (χ0n) is 15.2. The van der Waals surface area contributed by atoms with Crippen molar-refractivity contribution in [3.05, 3.63) is 35.9 Å². The predicted octanol–water partition coefficient (Wildman–Crippen LogP) is 3.05. The number of rotatable bonds is 5. The minimum absolute atomic E-state index is 0.0897. The van der Waals surface area contributed by atoms with Gasteiger partial charge in [0.1, 0.15) is 5.60 Å². The minimum Gasteiger partial charge on any atom is -0.444 e. The summed E-state index contributed by atoms with van der Waals surface area (Å²) in [6, 6.07) is 10.6. The van der Waals surface area contributed by atoms with Gasteiger partial charge in [-0.2, -0.15) is 0 Å². The molecule has 2 rings (SSSR count). The Balaban J connectivity index is 1.91. The van der Waals surface area contributed by atoms with Crippen molar-refractivity contribution in [3.63, 3.8) is 0 Å². The fourth-order valence-corrected chi connectivity index (χ4v) is 3.12. The van der Waals surface area contributed by atoms with Gasteiger partial charge < -0.3 is 14.8 Å². The highest BCUT2D eigenvalue weighted by atomic mass is 16.6. The molecule has 1 aromatic carbocycles. The van der Waals surface area contributed by atoms with Gasteiger partial charge in [0, 0.05) is 38.7 Å². The smallest absolute Gasteiger partial charge is 0.407 e. The maximum absolute atomic E-state index is 12.1. The van der Waals surface area contributed by atoms with Crippen molar-refractivity contribution in [2.75, 3.05) is 26.8 Å². The molecule has 24 heavy (non-hydrogen) atoms. The fraction of sp³-hybridized carbons (Fsp3) is 0.632. The number of carbonyl (C=O) groups is 1. The molecule has 1 aliphatic heterocycles. The van der Waals surface area contributed by atoms with E-state index in [4.69, 9.17) is 9.47 Å². The van der Waals surface area contributed by atoms with Crippen LogP contribution in [-0.4, -0.2) is 49.4 Å². The van der Waals surface area contributed by atoms with E-state index < -0.39 is 5.60 Å². The summed E-state index contributed by atoms with van der Waals surface area (Å²) in [5.41, 5.74) is 0.835. The van der Waals surface area contributed by atoms with Crippen molar-refractivity contribution in [3.8, 4) is 0 Å². The number of piperidine rings is 1. The molecule has 0 bridgehead atoms. The van der Waals surface area contributed by atoms with Crippen LogP contribution < -0.4 is 5.32 Å². The van der Waals surface area contributed by atoms with Crippen LogP contribution in [0.15, 0.2) is 30.3 Å². The molecule has 5 nitrogen and oxygen atoms in total. The zero-order chi connectivity index (χ0) is 17.6. The van der Waals surface area contributed by atoms with Gasteiger partial charge in [-0.05, 0) is 32.8 Å². The molecule has 5 heteroatoms. The molecule has 134 valence electrons. The number of nitrogens with zero attached hydrogens (tertiary/aromatic N) is 1. The standard InChI is InChI=1S/C19H30N2O3/c1-19(2,3)24-18(22)20-17-10-11-21(13-16(17)14-23-4)12-15-8-6-5-7-9-15/h5-9,16-17H,10-14H2,1-4H3,(H,20,22). The van der Waals surface area contributed by atoms with Crippen molar-refractivity contribution < 1.29 is 14.3 Å². The van der Waals surface area contributed by atoms with Gasteiger partial charge in [0.2, 0.25) is 0 Å². The third-order valence-corrected chi connectivity index (χ3v) is 4.15. The molecule has 0 aromatic heterocycles. The Labute approximate surface area is 145 Å². The van der Waals surface area contributed by atoms with Crippen LogP contribution in [-0.2, 0) is 16.0 Å². The Morgan fingerprint density at radius 2 is 2.00 bits per heavy atom. The van der Waals surface area contributed by atoms with Crippen molar-refractivity contribution in [2.45, 2.75) is 45.4 Å². The first-order valence-electron chi connectivity index (χ1n) is 8.62. The van der Waals surface area contributed by atoms with Crippen LogP contribution in [0.5, 0.6) is 0 Å². The predicted molar refractivity (Wildman–Crippen MR) is 94.9 cm³/mol. The van der Waals surface area contributed by atoms with Crippen molar-refractivity contribution >= 4 is 6.09 Å². The summed E-state index contributed by atoms with van der Waals surface area (Å²) in [6.45, 7) is 9.05. The molecule has 1 saturated heterocycles. The van der Waals surface area contributed by atoms with Gasteiger partial charge in [-0.1, -0.05) is 30.3 Å². The monoisotopic (exact) mass is 334 g/mol. The molecule has 1 amide bonds. The van der Waals surface area contributed by atoms with Gasteiger partial charge in [0.15, 0.2) is 0 Å². The van der Waals surface area contributed by atoms with E-state index in [9.17, 15) is 4.79 Å². The van der Waals surface area contributed by atoms with E-state index >= 15 is 0 Å². The highest BCUT2D eigenvalue weighted by molar-refractivity contribution is 5.68. The van der Waals surface area contributed by atoms with E-state index in [0.717, 1.165) is 26.1 Å². The van der Waals surface area contributed by atoms with Crippen molar-refractivity contribution in [2.24, 2.45) is 5.92 Å². The van der Waals surface area contributed by atoms with Gasteiger partial charge in [0.05, 0.1) is 6.61 Å². The summed E-state index contributed by atoms with van der Waals surface area (Å²) in [5, 5.41) is 3.03. The normalized spacial score (nSPS) is 22.2. The molecule has 0 aliphatic carbocycles. The van der Waals surface area contributed by atoms with E-state index in [2.05, 4.69) is 34.5 Å². The largest absolute Gasteiger partial charge is 0.444 e. The molecule has 1 aliphatic rings. The summed E-state index contributed by atoms with van der Waals surface area (Å²) in [4.78, 5) is 14.5. The lowest BCUT2D eigenvalue weighted by Crippen LogP contribution is -2.52. The first-order chi connectivity index (χ1) is 11.4. The third kappa shape index (κ3) is 6.13. The number of amides is 1. The number of carbonyl (C=O) groups excluding carboxylic acids is 1. The Morgan fingerprint density at radius 1 is 1.29 bits per heavy atom. The number of alkyl carbamates (subject to hydrolysis) is 1. The quantitative estimate of drug-likeness (QED) is 0.899. The molecule has 0 spiro atoms. The number of methoxy groups -OCH3 is 1. The van der Waals surface area contributed by atoms with Gasteiger partial charge in [-0.25, -0.2) is 4.79 Å². The second-order valence-electron chi connectivity index (χ2n) is 7.48. The molecule has 1 fully saturated rings. The van der Waals surface area contributed by atoms with E-state index in [0.29, 0.717) is 6.61 Å². The molecule has 0 saturated carbocycles. The second-order valence-corrected chi connectivity index (χ2v) is 7.48. The maximum atomic E-state index is 12.1. The topological polar surface area (TPSA) is 50.8 Å². The van der Waals surface area contributed by atoms with E-state index in [1.165, 1.54) is 5.56 Å². The lowest BCUT2D eigenvalue weighted by Gasteiger charge is -2.38. The first-order valence-corrected chi connectivity index (χ1v) is 8.62. The van der Waals surface area contributed by atoms with E-state index in [1.807, 2.05) is 26.8 Å². The summed E-state index contributed by atoms with van der Waals surface area (Å²) < 4.78 is 10.8. The third-order valence-electron chi connectivity index (χ3n) is 4.15. The average Bonchev–Trinajstić information content (AvgIpc) is 2.49. The Bertz CT molecular complexity index is 513. The van der Waals surface area contributed by atoms with Crippen molar-refractivity contribution in [1.82, 2.24) is 10.2 Å². The highest BCUT2D eigenvalue weighted by Crippen LogP contribution is 2.20. The molecular weight excluding hydrogens is 304 g/mol. The Kier molecular flexibility index (Phi) is 6.63. The molecule has 1 heterocycles. The van der Waals surface area contributed by atoms with Gasteiger partial charge in [-0.3, -0.25) is 4.90 Å². The van der Waals surface area contributed by atoms with Gasteiger partial charge >= 0.3 is 6.09 Å². The van der Waals surface area contributed by atoms with E-state index in [1.54, 1.807) is 7.11 Å². The van der Waals surface area contributed by atoms with Crippen LogP contribution in [0.1, 0.15) is 32.8 Å². The summed E-state index contributed by atoms with van der Waals surface area (Å²) in [7, 11) is 1.71. The number of likely N-dealkylation sites (tertiary alicyclic amines) is 1. The molecule has 1 aromatic rings.